The average molecular weight is 273 g/mol. The summed E-state index contributed by atoms with van der Waals surface area (Å²) in [5.74, 6) is -1.00. The van der Waals surface area contributed by atoms with Gasteiger partial charge in [0.2, 0.25) is 0 Å². The molecule has 82 valence electrons. The molecule has 0 aliphatic heterocycles. The topological polar surface area (TPSA) is 57.5 Å². The number of aliphatic hydroxyl groups is 1. The van der Waals surface area contributed by atoms with Crippen LogP contribution in [0.5, 0.6) is 0 Å². The highest BCUT2D eigenvalue weighted by atomic mass is 79.9. The summed E-state index contributed by atoms with van der Waals surface area (Å²) >= 11 is 3.41. The molecule has 0 heterocycles. The molecule has 2 N–H and O–H groups in total. The van der Waals surface area contributed by atoms with Crippen molar-refractivity contribution in [1.82, 2.24) is 0 Å². The first-order valence-corrected chi connectivity index (χ1v) is 5.38. The van der Waals surface area contributed by atoms with E-state index in [2.05, 4.69) is 15.9 Å². The SMILES string of the molecule is Cc1ccc([C@H](O)CC(=O)O)c(C)c1Br. The lowest BCUT2D eigenvalue weighted by atomic mass is 9.99. The van der Waals surface area contributed by atoms with Crippen molar-refractivity contribution in [2.45, 2.75) is 26.4 Å². The Balaban J connectivity index is 3.05. The number of aliphatic hydroxyl groups excluding tert-OH is 1. The number of carbonyl (C=O) groups is 1. The summed E-state index contributed by atoms with van der Waals surface area (Å²) in [6.07, 6.45) is -1.21. The van der Waals surface area contributed by atoms with Crippen LogP contribution in [0.3, 0.4) is 0 Å². The minimum Gasteiger partial charge on any atom is -0.481 e. The summed E-state index contributed by atoms with van der Waals surface area (Å²) < 4.78 is 0.921. The number of rotatable bonds is 3. The van der Waals surface area contributed by atoms with Gasteiger partial charge in [-0.2, -0.15) is 0 Å². The van der Waals surface area contributed by atoms with E-state index in [-0.39, 0.29) is 6.42 Å². The molecule has 0 fully saturated rings. The predicted molar refractivity (Wildman–Crippen MR) is 60.8 cm³/mol. The average Bonchev–Trinajstić information content (AvgIpc) is 2.13. The number of aliphatic carboxylic acids is 1. The number of benzene rings is 1. The Kier molecular flexibility index (Phi) is 3.88. The van der Waals surface area contributed by atoms with Gasteiger partial charge in [-0.05, 0) is 30.5 Å². The second-order valence-corrected chi connectivity index (χ2v) is 4.32. The highest BCUT2D eigenvalue weighted by Gasteiger charge is 2.16. The molecule has 15 heavy (non-hydrogen) atoms. The van der Waals surface area contributed by atoms with Crippen molar-refractivity contribution in [3.8, 4) is 0 Å². The molecule has 4 heteroatoms. The number of aryl methyl sites for hydroxylation is 1. The molecule has 0 bridgehead atoms. The molecule has 0 aliphatic rings. The van der Waals surface area contributed by atoms with Crippen LogP contribution in [0.1, 0.15) is 29.2 Å². The molecule has 0 saturated heterocycles. The van der Waals surface area contributed by atoms with Crippen molar-refractivity contribution in [3.05, 3.63) is 33.3 Å². The lowest BCUT2D eigenvalue weighted by Gasteiger charge is -2.14. The fourth-order valence-electron chi connectivity index (χ4n) is 1.47. The van der Waals surface area contributed by atoms with Gasteiger partial charge < -0.3 is 10.2 Å². The number of hydrogen-bond acceptors (Lipinski definition) is 2. The van der Waals surface area contributed by atoms with Crippen molar-refractivity contribution in [2.24, 2.45) is 0 Å². The lowest BCUT2D eigenvalue weighted by Crippen LogP contribution is -2.07. The zero-order valence-corrected chi connectivity index (χ0v) is 10.2. The normalized spacial score (nSPS) is 12.5. The zero-order valence-electron chi connectivity index (χ0n) is 8.62. The fourth-order valence-corrected chi connectivity index (χ4v) is 1.83. The molecule has 1 atom stereocenters. The predicted octanol–water partition coefficient (Wildman–Crippen LogP) is 2.57. The molecule has 0 aliphatic carbocycles. The number of carboxylic acids is 1. The number of carboxylic acid groups (broad SMARTS) is 1. The molecule has 0 aromatic heterocycles. The van der Waals surface area contributed by atoms with E-state index in [1.807, 2.05) is 19.9 Å². The Labute approximate surface area is 96.9 Å². The first kappa shape index (κ1) is 12.2. The summed E-state index contributed by atoms with van der Waals surface area (Å²) in [5, 5.41) is 18.3. The summed E-state index contributed by atoms with van der Waals surface area (Å²) in [5.41, 5.74) is 2.62. The molecule has 0 spiro atoms. The van der Waals surface area contributed by atoms with Gasteiger partial charge in [-0.3, -0.25) is 4.79 Å². The van der Waals surface area contributed by atoms with Gasteiger partial charge in [-0.25, -0.2) is 0 Å². The highest BCUT2D eigenvalue weighted by molar-refractivity contribution is 9.10. The van der Waals surface area contributed by atoms with Crippen molar-refractivity contribution < 1.29 is 15.0 Å². The van der Waals surface area contributed by atoms with Crippen molar-refractivity contribution in [1.29, 1.82) is 0 Å². The molecule has 1 rings (SSSR count). The Bertz CT molecular complexity index is 388. The maximum absolute atomic E-state index is 10.5. The minimum atomic E-state index is -1.00. The lowest BCUT2D eigenvalue weighted by molar-refractivity contribution is -0.139. The quantitative estimate of drug-likeness (QED) is 0.889. The van der Waals surface area contributed by atoms with Crippen LogP contribution in [-0.2, 0) is 4.79 Å². The van der Waals surface area contributed by atoms with Crippen LogP contribution < -0.4 is 0 Å². The summed E-state index contributed by atoms with van der Waals surface area (Å²) in [7, 11) is 0. The maximum atomic E-state index is 10.5. The fraction of sp³-hybridized carbons (Fsp3) is 0.364. The Morgan fingerprint density at radius 3 is 2.60 bits per heavy atom. The zero-order chi connectivity index (χ0) is 11.6. The summed E-state index contributed by atoms with van der Waals surface area (Å²) in [6, 6.07) is 3.63. The van der Waals surface area contributed by atoms with E-state index in [9.17, 15) is 9.90 Å². The van der Waals surface area contributed by atoms with Gasteiger partial charge in [-0.1, -0.05) is 28.1 Å². The third kappa shape index (κ3) is 2.79. The van der Waals surface area contributed by atoms with Crippen LogP contribution in [-0.4, -0.2) is 16.2 Å². The van der Waals surface area contributed by atoms with Gasteiger partial charge in [-0.15, -0.1) is 0 Å². The number of halogens is 1. The van der Waals surface area contributed by atoms with E-state index in [1.54, 1.807) is 6.07 Å². The van der Waals surface area contributed by atoms with Crippen molar-refractivity contribution in [3.63, 3.8) is 0 Å². The van der Waals surface area contributed by atoms with Crippen LogP contribution >= 0.6 is 15.9 Å². The van der Waals surface area contributed by atoms with Crippen LogP contribution in [0.25, 0.3) is 0 Å². The monoisotopic (exact) mass is 272 g/mol. The summed E-state index contributed by atoms with van der Waals surface area (Å²) in [6.45, 7) is 3.81. The van der Waals surface area contributed by atoms with E-state index in [4.69, 9.17) is 5.11 Å². The van der Waals surface area contributed by atoms with Gasteiger partial charge in [0.1, 0.15) is 0 Å². The Morgan fingerprint density at radius 1 is 1.47 bits per heavy atom. The van der Waals surface area contributed by atoms with E-state index in [1.165, 1.54) is 0 Å². The molecule has 0 radical (unpaired) electrons. The molecule has 0 unspecified atom stereocenters. The molecule has 1 aromatic rings. The smallest absolute Gasteiger partial charge is 0.306 e. The Morgan fingerprint density at radius 2 is 2.07 bits per heavy atom. The van der Waals surface area contributed by atoms with Crippen molar-refractivity contribution >= 4 is 21.9 Å². The third-order valence-electron chi connectivity index (χ3n) is 2.35. The molecular formula is C11H13BrO3. The van der Waals surface area contributed by atoms with Gasteiger partial charge >= 0.3 is 5.97 Å². The van der Waals surface area contributed by atoms with E-state index in [0.29, 0.717) is 5.56 Å². The van der Waals surface area contributed by atoms with Gasteiger partial charge in [0.05, 0.1) is 12.5 Å². The molecule has 1 aromatic carbocycles. The van der Waals surface area contributed by atoms with E-state index in [0.717, 1.165) is 15.6 Å². The maximum Gasteiger partial charge on any atom is 0.306 e. The van der Waals surface area contributed by atoms with Crippen LogP contribution in [0.4, 0.5) is 0 Å². The second kappa shape index (κ2) is 4.77. The Hall–Kier alpha value is -0.870. The standard InChI is InChI=1S/C11H13BrO3/c1-6-3-4-8(7(2)11(6)12)9(13)5-10(14)15/h3-4,9,13H,5H2,1-2H3,(H,14,15)/t9-/m1/s1. The van der Waals surface area contributed by atoms with Gasteiger partial charge in [0.15, 0.2) is 0 Å². The summed E-state index contributed by atoms with van der Waals surface area (Å²) in [4.78, 5) is 10.5. The largest absolute Gasteiger partial charge is 0.481 e. The molecule has 3 nitrogen and oxygen atoms in total. The first-order chi connectivity index (χ1) is 6.93. The molecule has 0 amide bonds. The second-order valence-electron chi connectivity index (χ2n) is 3.52. The van der Waals surface area contributed by atoms with Crippen LogP contribution in [0.15, 0.2) is 16.6 Å². The third-order valence-corrected chi connectivity index (χ3v) is 3.57. The van der Waals surface area contributed by atoms with Crippen molar-refractivity contribution in [2.75, 3.05) is 0 Å². The van der Waals surface area contributed by atoms with E-state index < -0.39 is 12.1 Å². The molecular weight excluding hydrogens is 260 g/mol. The van der Waals surface area contributed by atoms with E-state index >= 15 is 0 Å². The number of hydrogen-bond donors (Lipinski definition) is 2. The van der Waals surface area contributed by atoms with Gasteiger partial charge in [0, 0.05) is 4.47 Å². The van der Waals surface area contributed by atoms with Crippen LogP contribution in [0.2, 0.25) is 0 Å². The highest BCUT2D eigenvalue weighted by Crippen LogP contribution is 2.29. The van der Waals surface area contributed by atoms with Crippen LogP contribution in [0, 0.1) is 13.8 Å². The van der Waals surface area contributed by atoms with Gasteiger partial charge in [0.25, 0.3) is 0 Å². The minimum absolute atomic E-state index is 0.268. The molecule has 0 saturated carbocycles. The first-order valence-electron chi connectivity index (χ1n) is 4.59.